The predicted molar refractivity (Wildman–Crippen MR) is 169 cm³/mol. The largest absolute Gasteiger partial charge is 0.404 e. The van der Waals surface area contributed by atoms with Crippen molar-refractivity contribution in [2.24, 2.45) is 0 Å². The average molecular weight is 556 g/mol. The van der Waals surface area contributed by atoms with E-state index in [1.807, 2.05) is 18.2 Å². The first-order valence-corrected chi connectivity index (χ1v) is 14.8. The predicted octanol–water partition coefficient (Wildman–Crippen LogP) is 11.3. The number of hydrogen-bond donors (Lipinski definition) is 0. The van der Waals surface area contributed by atoms with Crippen LogP contribution >= 0.6 is 19.8 Å². The molecule has 0 N–H and O–H groups in total. The highest BCUT2D eigenvalue weighted by atomic mass is 35.5. The van der Waals surface area contributed by atoms with Crippen LogP contribution in [0, 0.1) is 0 Å². The van der Waals surface area contributed by atoms with Gasteiger partial charge >= 0.3 is 8.16 Å². The standard InChI is InChI=1S/C35H23ClNO2P/c36-29-16-8-13-26-17-20-30(25-11-2-1-3-12-25)37(35(26)29)40-38-31-21-18-23-9-4-6-14-27(23)33(31)34-28-15-7-5-10-24(28)19-22-32(34)39-40/h1-22,30H/t30-/m0/s1. The summed E-state index contributed by atoms with van der Waals surface area (Å²) in [7, 11) is -1.67. The number of halogens is 1. The summed E-state index contributed by atoms with van der Waals surface area (Å²) >= 11 is 6.93. The second-order valence-electron chi connectivity index (χ2n) is 9.98. The third-order valence-electron chi connectivity index (χ3n) is 7.67. The molecule has 0 saturated carbocycles. The van der Waals surface area contributed by atoms with Crippen molar-refractivity contribution in [2.45, 2.75) is 6.04 Å². The lowest BCUT2D eigenvalue weighted by Gasteiger charge is -2.33. The number of benzene rings is 6. The molecule has 0 amide bonds. The molecule has 2 heterocycles. The molecule has 3 nitrogen and oxygen atoms in total. The van der Waals surface area contributed by atoms with Gasteiger partial charge in [0.2, 0.25) is 0 Å². The van der Waals surface area contributed by atoms with Crippen molar-refractivity contribution in [3.8, 4) is 0 Å². The first-order chi connectivity index (χ1) is 19.8. The molecule has 8 rings (SSSR count). The second-order valence-corrected chi connectivity index (χ2v) is 11.7. The normalized spacial score (nSPS) is 14.7. The maximum Gasteiger partial charge on any atom is 0.342 e. The molecular formula is C35H23ClNO2P. The molecule has 5 heteroatoms. The van der Waals surface area contributed by atoms with E-state index in [4.69, 9.17) is 20.0 Å². The molecule has 1 atom stereocenters. The van der Waals surface area contributed by atoms with E-state index in [9.17, 15) is 0 Å². The summed E-state index contributed by atoms with van der Waals surface area (Å²) in [4.78, 5) is 0. The smallest absolute Gasteiger partial charge is 0.342 e. The van der Waals surface area contributed by atoms with Crippen molar-refractivity contribution < 1.29 is 8.39 Å². The van der Waals surface area contributed by atoms with Crippen molar-refractivity contribution in [2.75, 3.05) is 4.67 Å². The molecule has 1 aliphatic heterocycles. The summed E-state index contributed by atoms with van der Waals surface area (Å²) in [5.74, 6) is 0. The van der Waals surface area contributed by atoms with Crippen LogP contribution < -0.4 is 4.67 Å². The molecule has 0 radical (unpaired) electrons. The Labute approximate surface area is 237 Å². The first-order valence-electron chi connectivity index (χ1n) is 13.3. The lowest BCUT2D eigenvalue weighted by Crippen LogP contribution is -2.22. The minimum atomic E-state index is -1.67. The van der Waals surface area contributed by atoms with E-state index in [-0.39, 0.29) is 6.04 Å². The molecular weight excluding hydrogens is 533 g/mol. The van der Waals surface area contributed by atoms with Crippen molar-refractivity contribution in [1.29, 1.82) is 0 Å². The Morgan fingerprint density at radius 3 is 1.85 bits per heavy atom. The molecule has 0 spiro atoms. The van der Waals surface area contributed by atoms with E-state index in [1.165, 1.54) is 0 Å². The minimum Gasteiger partial charge on any atom is -0.404 e. The van der Waals surface area contributed by atoms with Crippen LogP contribution in [0.2, 0.25) is 5.02 Å². The van der Waals surface area contributed by atoms with Gasteiger partial charge in [0.1, 0.15) is 11.2 Å². The van der Waals surface area contributed by atoms with Gasteiger partial charge in [-0.1, -0.05) is 127 Å². The molecule has 0 aliphatic carbocycles. The third kappa shape index (κ3) is 3.67. The van der Waals surface area contributed by atoms with E-state index in [2.05, 4.69) is 120 Å². The van der Waals surface area contributed by atoms with Crippen LogP contribution in [0.15, 0.2) is 136 Å². The van der Waals surface area contributed by atoms with Crippen molar-refractivity contribution in [3.05, 3.63) is 144 Å². The summed E-state index contributed by atoms with van der Waals surface area (Å²) < 4.78 is 16.2. The minimum absolute atomic E-state index is 0.120. The quantitative estimate of drug-likeness (QED) is 0.212. The number of anilines is 1. The Bertz CT molecular complexity index is 2050. The van der Waals surface area contributed by atoms with Gasteiger partial charge in [0, 0.05) is 10.8 Å². The lowest BCUT2D eigenvalue weighted by atomic mass is 9.99. The number of nitrogens with zero attached hydrogens (tertiary/aromatic N) is 1. The van der Waals surface area contributed by atoms with Crippen molar-refractivity contribution in [3.63, 3.8) is 0 Å². The Morgan fingerprint density at radius 2 is 1.20 bits per heavy atom. The zero-order valence-corrected chi connectivity index (χ0v) is 23.0. The van der Waals surface area contributed by atoms with Gasteiger partial charge in [-0.2, -0.15) is 0 Å². The summed E-state index contributed by atoms with van der Waals surface area (Å²) in [5.41, 5.74) is 4.69. The number of para-hydroxylation sites is 1. The molecule has 0 bridgehead atoms. The van der Waals surface area contributed by atoms with E-state index in [0.717, 1.165) is 60.3 Å². The Kier molecular flexibility index (Phi) is 5.48. The monoisotopic (exact) mass is 555 g/mol. The van der Waals surface area contributed by atoms with E-state index < -0.39 is 8.16 Å². The van der Waals surface area contributed by atoms with Crippen LogP contribution in [-0.2, 0) is 0 Å². The zero-order chi connectivity index (χ0) is 26.6. The first kappa shape index (κ1) is 23.5. The SMILES string of the molecule is Clc1cccc2c1N(p1oc3ccc4ccccc4c3c3c(ccc4ccccc43)o1)[C@H](c1ccccc1)C=C2. The number of fused-ring (bicyclic) bond motifs is 8. The second kappa shape index (κ2) is 9.34. The van der Waals surface area contributed by atoms with Crippen LogP contribution in [0.5, 0.6) is 0 Å². The van der Waals surface area contributed by atoms with E-state index >= 15 is 0 Å². The van der Waals surface area contributed by atoms with Crippen molar-refractivity contribution >= 4 is 75.0 Å². The summed E-state index contributed by atoms with van der Waals surface area (Å²) in [6.07, 6.45) is 4.35. The summed E-state index contributed by atoms with van der Waals surface area (Å²) in [6.45, 7) is 0. The molecule has 7 aromatic rings. The lowest BCUT2D eigenvalue weighted by molar-refractivity contribution is 0.626. The number of rotatable bonds is 2. The highest BCUT2D eigenvalue weighted by Crippen LogP contribution is 2.52. The Balaban J connectivity index is 1.54. The fraction of sp³-hybridized carbons (Fsp3) is 0.0286. The Hall–Kier alpha value is -4.43. The van der Waals surface area contributed by atoms with Gasteiger partial charge in [0.15, 0.2) is 0 Å². The Morgan fingerprint density at radius 1 is 0.600 bits per heavy atom. The molecule has 0 unspecified atom stereocenters. The molecule has 0 fully saturated rings. The zero-order valence-electron chi connectivity index (χ0n) is 21.4. The highest BCUT2D eigenvalue weighted by molar-refractivity contribution is 7.39. The summed E-state index contributed by atoms with van der Waals surface area (Å²) in [5, 5.41) is 7.36. The average Bonchev–Trinajstić information content (AvgIpc) is 3.18. The highest BCUT2D eigenvalue weighted by Gasteiger charge is 2.31. The fourth-order valence-electron chi connectivity index (χ4n) is 5.86. The van der Waals surface area contributed by atoms with Crippen molar-refractivity contribution in [1.82, 2.24) is 0 Å². The number of hydrogen-bond acceptors (Lipinski definition) is 3. The van der Waals surface area contributed by atoms with Crippen LogP contribution in [0.25, 0.3) is 49.6 Å². The van der Waals surface area contributed by atoms with Gasteiger partial charge in [-0.05, 0) is 50.9 Å². The van der Waals surface area contributed by atoms with Gasteiger partial charge in [-0.15, -0.1) is 0 Å². The third-order valence-corrected chi connectivity index (χ3v) is 9.48. The van der Waals surface area contributed by atoms with Crippen LogP contribution in [0.3, 0.4) is 0 Å². The van der Waals surface area contributed by atoms with Crippen LogP contribution in [0.4, 0.5) is 5.69 Å². The van der Waals surface area contributed by atoms with Gasteiger partial charge in [0.05, 0.1) is 16.8 Å². The van der Waals surface area contributed by atoms with E-state index in [0.29, 0.717) is 5.02 Å². The van der Waals surface area contributed by atoms with Crippen LogP contribution in [0.1, 0.15) is 17.2 Å². The molecule has 0 saturated heterocycles. The van der Waals surface area contributed by atoms with Gasteiger partial charge < -0.3 is 8.39 Å². The molecule has 40 heavy (non-hydrogen) atoms. The maximum absolute atomic E-state index is 6.98. The van der Waals surface area contributed by atoms with Crippen LogP contribution in [-0.4, -0.2) is 0 Å². The van der Waals surface area contributed by atoms with Gasteiger partial charge in [-0.3, -0.25) is 4.67 Å². The molecule has 6 aromatic carbocycles. The summed E-state index contributed by atoms with van der Waals surface area (Å²) in [6, 6.07) is 41.7. The van der Waals surface area contributed by atoms with Gasteiger partial charge in [-0.25, -0.2) is 0 Å². The molecule has 192 valence electrons. The topological polar surface area (TPSA) is 29.5 Å². The fourth-order valence-corrected chi connectivity index (χ4v) is 7.84. The molecule has 1 aliphatic rings. The maximum atomic E-state index is 6.98. The molecule has 1 aromatic heterocycles. The van der Waals surface area contributed by atoms with E-state index in [1.54, 1.807) is 0 Å². The van der Waals surface area contributed by atoms with Gasteiger partial charge in [0.25, 0.3) is 0 Å².